The number of hydrogen-bond acceptors (Lipinski definition) is 1. The van der Waals surface area contributed by atoms with Crippen molar-refractivity contribution in [1.29, 1.82) is 0 Å². The summed E-state index contributed by atoms with van der Waals surface area (Å²) in [5, 5.41) is 6.93. The first kappa shape index (κ1) is 9.52. The molecule has 0 atom stereocenters. The third kappa shape index (κ3) is 2.26. The lowest BCUT2D eigenvalue weighted by atomic mass is 10.1. The Labute approximate surface area is 88.5 Å². The van der Waals surface area contributed by atoms with E-state index in [2.05, 4.69) is 10.6 Å². The topological polar surface area (TPSA) is 43.2 Å². The molecule has 0 unspecified atom stereocenters. The van der Waals surface area contributed by atoms with Crippen molar-refractivity contribution in [2.45, 2.75) is 6.92 Å². The molecule has 0 fully saturated rings. The summed E-state index contributed by atoms with van der Waals surface area (Å²) in [5.74, 6) is -0.0670. The van der Waals surface area contributed by atoms with E-state index in [9.17, 15) is 4.79 Å². The highest BCUT2D eigenvalue weighted by Gasteiger charge is 2.05. The van der Waals surface area contributed by atoms with Gasteiger partial charge < -0.3 is 5.32 Å². The Hall–Kier alpha value is -2.03. The second-order valence-corrected chi connectivity index (χ2v) is 3.28. The summed E-state index contributed by atoms with van der Waals surface area (Å²) in [6.45, 7) is 1.49. The number of amides is 1. The van der Waals surface area contributed by atoms with Gasteiger partial charge in [0, 0.05) is 24.4 Å². The van der Waals surface area contributed by atoms with E-state index in [0.29, 0.717) is 0 Å². The number of carbonyl (C=O) groups is 1. The standard InChI is InChI=1S/C12H11N2O/c1-9(15)14-11-5-2-4-10(8-11)12-6-3-7-13-12/h2-8H,1H3,(H,14,15). The molecule has 15 heavy (non-hydrogen) atoms. The summed E-state index contributed by atoms with van der Waals surface area (Å²) >= 11 is 0. The largest absolute Gasteiger partial charge is 0.326 e. The zero-order valence-corrected chi connectivity index (χ0v) is 8.40. The molecule has 0 spiro atoms. The van der Waals surface area contributed by atoms with Gasteiger partial charge in [0.05, 0.1) is 5.70 Å². The number of anilines is 1. The van der Waals surface area contributed by atoms with Crippen LogP contribution in [0, 0.1) is 0 Å². The second-order valence-electron chi connectivity index (χ2n) is 3.28. The minimum absolute atomic E-state index is 0.0670. The number of benzene rings is 1. The molecule has 0 saturated heterocycles. The van der Waals surface area contributed by atoms with Gasteiger partial charge in [0.2, 0.25) is 5.91 Å². The SMILES string of the molecule is CC(=O)Nc1cccc(C2=CC=C[N]2)c1. The molecule has 1 N–H and O–H groups in total. The molecule has 0 saturated carbocycles. The van der Waals surface area contributed by atoms with Crippen molar-refractivity contribution in [1.82, 2.24) is 5.32 Å². The molecule has 1 heterocycles. The second kappa shape index (κ2) is 4.00. The third-order valence-corrected chi connectivity index (χ3v) is 2.03. The molecule has 2 rings (SSSR count). The predicted octanol–water partition coefficient (Wildman–Crippen LogP) is 2.12. The minimum Gasteiger partial charge on any atom is -0.326 e. The van der Waals surface area contributed by atoms with Crippen molar-refractivity contribution in [3.8, 4) is 0 Å². The van der Waals surface area contributed by atoms with Crippen LogP contribution < -0.4 is 10.6 Å². The van der Waals surface area contributed by atoms with Gasteiger partial charge in [-0.05, 0) is 24.3 Å². The highest BCUT2D eigenvalue weighted by molar-refractivity contribution is 5.89. The molecule has 0 aliphatic carbocycles. The summed E-state index contributed by atoms with van der Waals surface area (Å²) in [6.07, 6.45) is 5.58. The van der Waals surface area contributed by atoms with E-state index in [-0.39, 0.29) is 5.91 Å². The van der Waals surface area contributed by atoms with Crippen molar-refractivity contribution in [3.63, 3.8) is 0 Å². The van der Waals surface area contributed by atoms with Crippen molar-refractivity contribution >= 4 is 17.3 Å². The Balaban J connectivity index is 2.22. The van der Waals surface area contributed by atoms with E-state index in [4.69, 9.17) is 0 Å². The summed E-state index contributed by atoms with van der Waals surface area (Å²) in [7, 11) is 0. The fourth-order valence-corrected chi connectivity index (χ4v) is 1.43. The minimum atomic E-state index is -0.0670. The van der Waals surface area contributed by atoms with Crippen LogP contribution in [0.25, 0.3) is 5.70 Å². The van der Waals surface area contributed by atoms with E-state index < -0.39 is 0 Å². The lowest BCUT2D eigenvalue weighted by Gasteiger charge is -2.05. The van der Waals surface area contributed by atoms with Gasteiger partial charge in [-0.3, -0.25) is 10.1 Å². The van der Waals surface area contributed by atoms with Gasteiger partial charge >= 0.3 is 0 Å². The molecule has 1 radical (unpaired) electrons. The first-order valence-corrected chi connectivity index (χ1v) is 4.71. The van der Waals surface area contributed by atoms with E-state index in [1.807, 2.05) is 36.4 Å². The summed E-state index contributed by atoms with van der Waals surface area (Å²) in [6, 6.07) is 7.63. The van der Waals surface area contributed by atoms with Crippen molar-refractivity contribution in [2.24, 2.45) is 0 Å². The van der Waals surface area contributed by atoms with Gasteiger partial charge in [-0.2, -0.15) is 0 Å². The van der Waals surface area contributed by atoms with Gasteiger partial charge in [-0.1, -0.05) is 12.1 Å². The van der Waals surface area contributed by atoms with Gasteiger partial charge in [0.15, 0.2) is 0 Å². The maximum absolute atomic E-state index is 10.9. The number of nitrogens with one attached hydrogen (secondary N) is 1. The van der Waals surface area contributed by atoms with Crippen LogP contribution >= 0.6 is 0 Å². The van der Waals surface area contributed by atoms with Crippen molar-refractivity contribution in [3.05, 3.63) is 48.2 Å². The quantitative estimate of drug-likeness (QED) is 0.778. The molecule has 75 valence electrons. The van der Waals surface area contributed by atoms with Crippen LogP contribution in [-0.4, -0.2) is 5.91 Å². The molecule has 1 aromatic rings. The normalized spacial score (nSPS) is 13.3. The van der Waals surface area contributed by atoms with Gasteiger partial charge in [0.1, 0.15) is 0 Å². The predicted molar refractivity (Wildman–Crippen MR) is 60.0 cm³/mol. The molecular weight excluding hydrogens is 188 g/mol. The Morgan fingerprint density at radius 1 is 1.40 bits per heavy atom. The highest BCUT2D eigenvalue weighted by atomic mass is 16.1. The summed E-state index contributed by atoms with van der Waals surface area (Å²) in [4.78, 5) is 10.9. The van der Waals surface area contributed by atoms with Crippen LogP contribution in [0.4, 0.5) is 5.69 Å². The summed E-state index contributed by atoms with van der Waals surface area (Å²) < 4.78 is 0. The first-order chi connectivity index (χ1) is 7.25. The first-order valence-electron chi connectivity index (χ1n) is 4.71. The Bertz CT molecular complexity index is 447. The number of allylic oxidation sites excluding steroid dienone is 2. The van der Waals surface area contributed by atoms with Crippen LogP contribution in [0.3, 0.4) is 0 Å². The lowest BCUT2D eigenvalue weighted by molar-refractivity contribution is -0.114. The number of hydrogen-bond donors (Lipinski definition) is 1. The smallest absolute Gasteiger partial charge is 0.221 e. The van der Waals surface area contributed by atoms with Crippen LogP contribution in [-0.2, 0) is 4.79 Å². The Morgan fingerprint density at radius 3 is 2.93 bits per heavy atom. The lowest BCUT2D eigenvalue weighted by Crippen LogP contribution is -2.06. The third-order valence-electron chi connectivity index (χ3n) is 2.03. The van der Waals surface area contributed by atoms with E-state index in [1.54, 1.807) is 6.20 Å². The fourth-order valence-electron chi connectivity index (χ4n) is 1.43. The van der Waals surface area contributed by atoms with Crippen molar-refractivity contribution in [2.75, 3.05) is 5.32 Å². The fraction of sp³-hybridized carbons (Fsp3) is 0.0833. The molecule has 1 amide bonds. The van der Waals surface area contributed by atoms with Crippen LogP contribution in [0.5, 0.6) is 0 Å². The number of carbonyl (C=O) groups excluding carboxylic acids is 1. The van der Waals surface area contributed by atoms with Crippen LogP contribution in [0.15, 0.2) is 42.6 Å². The Morgan fingerprint density at radius 2 is 2.27 bits per heavy atom. The molecule has 3 nitrogen and oxygen atoms in total. The zero-order chi connectivity index (χ0) is 10.7. The zero-order valence-electron chi connectivity index (χ0n) is 8.40. The monoisotopic (exact) mass is 199 g/mol. The molecule has 1 aliphatic heterocycles. The summed E-state index contributed by atoms with van der Waals surface area (Å²) in [5.41, 5.74) is 2.72. The molecule has 0 aromatic heterocycles. The van der Waals surface area contributed by atoms with E-state index in [0.717, 1.165) is 16.9 Å². The van der Waals surface area contributed by atoms with E-state index >= 15 is 0 Å². The van der Waals surface area contributed by atoms with Gasteiger partial charge in [-0.25, -0.2) is 0 Å². The molecular formula is C12H11N2O. The average Bonchev–Trinajstić information content (AvgIpc) is 2.69. The van der Waals surface area contributed by atoms with Gasteiger partial charge in [0.25, 0.3) is 0 Å². The Kier molecular flexibility index (Phi) is 2.54. The van der Waals surface area contributed by atoms with Crippen LogP contribution in [0.1, 0.15) is 12.5 Å². The number of rotatable bonds is 2. The maximum atomic E-state index is 10.9. The molecule has 0 bridgehead atoms. The van der Waals surface area contributed by atoms with E-state index in [1.165, 1.54) is 6.92 Å². The average molecular weight is 199 g/mol. The van der Waals surface area contributed by atoms with Crippen LogP contribution in [0.2, 0.25) is 0 Å². The maximum Gasteiger partial charge on any atom is 0.221 e. The van der Waals surface area contributed by atoms with Crippen molar-refractivity contribution < 1.29 is 4.79 Å². The molecule has 1 aliphatic rings. The van der Waals surface area contributed by atoms with Gasteiger partial charge in [-0.15, -0.1) is 0 Å². The molecule has 3 heteroatoms. The molecule has 1 aromatic carbocycles. The number of nitrogens with zero attached hydrogens (tertiary/aromatic N) is 1. The highest BCUT2D eigenvalue weighted by Crippen LogP contribution is 2.19.